The van der Waals surface area contributed by atoms with E-state index in [1.165, 1.54) is 53.7 Å². The minimum absolute atomic E-state index is 0.0508. The third-order valence-electron chi connectivity index (χ3n) is 6.87. The van der Waals surface area contributed by atoms with Crippen molar-refractivity contribution in [2.24, 2.45) is 5.92 Å². The number of benzene rings is 3. The van der Waals surface area contributed by atoms with E-state index in [1.807, 2.05) is 18.2 Å². The minimum Gasteiger partial charge on any atom is -0.480 e. The molecule has 234 valence electrons. The van der Waals surface area contributed by atoms with Gasteiger partial charge in [-0.05, 0) is 35.4 Å². The van der Waals surface area contributed by atoms with Crippen LogP contribution in [0.25, 0.3) is 0 Å². The van der Waals surface area contributed by atoms with Crippen molar-refractivity contribution in [3.63, 3.8) is 0 Å². The first-order valence-electron chi connectivity index (χ1n) is 13.8. The van der Waals surface area contributed by atoms with Gasteiger partial charge in [-0.2, -0.15) is 4.31 Å². The van der Waals surface area contributed by atoms with Gasteiger partial charge in [-0.3, -0.25) is 4.79 Å². The molecule has 0 bridgehead atoms. The predicted molar refractivity (Wildman–Crippen MR) is 155 cm³/mol. The van der Waals surface area contributed by atoms with Crippen molar-refractivity contribution in [1.82, 2.24) is 9.62 Å². The topological polar surface area (TPSA) is 149 Å². The van der Waals surface area contributed by atoms with Crippen LogP contribution in [0.1, 0.15) is 31.9 Å². The van der Waals surface area contributed by atoms with Crippen molar-refractivity contribution >= 4 is 28.1 Å². The number of esters is 1. The molecule has 1 aliphatic rings. The highest BCUT2D eigenvalue weighted by atomic mass is 32.2. The predicted octanol–water partition coefficient (Wildman–Crippen LogP) is 4.07. The van der Waals surface area contributed by atoms with Crippen LogP contribution in [0, 0.1) is 11.7 Å². The number of carboxylic acids is 1. The lowest BCUT2D eigenvalue weighted by atomic mass is 9.87. The Morgan fingerprint density at radius 2 is 1.64 bits per heavy atom. The second-order valence-electron chi connectivity index (χ2n) is 10.6. The summed E-state index contributed by atoms with van der Waals surface area (Å²) in [7, 11) is -4.05. The number of carboxylic acid groups (broad SMARTS) is 1. The Balaban J connectivity index is 1.46. The van der Waals surface area contributed by atoms with E-state index in [2.05, 4.69) is 5.32 Å². The van der Waals surface area contributed by atoms with Gasteiger partial charge in [0.05, 0.1) is 23.9 Å². The molecule has 1 saturated heterocycles. The molecule has 0 saturated carbocycles. The van der Waals surface area contributed by atoms with E-state index in [-0.39, 0.29) is 30.2 Å². The quantitative estimate of drug-likeness (QED) is 0.224. The molecule has 2 N–H and O–H groups in total. The van der Waals surface area contributed by atoms with Crippen LogP contribution in [-0.4, -0.2) is 61.3 Å². The zero-order valence-corrected chi connectivity index (χ0v) is 25.1. The highest BCUT2D eigenvalue weighted by Gasteiger charge is 2.52. The molecule has 44 heavy (non-hydrogen) atoms. The Morgan fingerprint density at radius 1 is 0.955 bits per heavy atom. The average Bonchev–Trinajstić information content (AvgIpc) is 2.94. The van der Waals surface area contributed by atoms with Gasteiger partial charge in [-0.1, -0.05) is 62.4 Å². The molecule has 1 heterocycles. The molecule has 0 aromatic heterocycles. The van der Waals surface area contributed by atoms with Gasteiger partial charge >= 0.3 is 18.0 Å². The molecular weight excluding hydrogens is 595 g/mol. The highest BCUT2D eigenvalue weighted by Crippen LogP contribution is 2.40. The molecule has 1 aliphatic heterocycles. The van der Waals surface area contributed by atoms with Gasteiger partial charge in [0.15, 0.2) is 5.60 Å². The molecule has 4 rings (SSSR count). The lowest BCUT2D eigenvalue weighted by Gasteiger charge is -2.48. The number of rotatable bonds is 12. The normalized spacial score (nSPS) is 15.8. The Labute approximate surface area is 254 Å². The van der Waals surface area contributed by atoms with Crippen molar-refractivity contribution in [3.05, 3.63) is 95.8 Å². The minimum atomic E-state index is -4.05. The summed E-state index contributed by atoms with van der Waals surface area (Å²) < 4.78 is 58.4. The van der Waals surface area contributed by atoms with Gasteiger partial charge < -0.3 is 24.6 Å². The number of hydrogen-bond acceptors (Lipinski definition) is 8. The molecular formula is C31H33FN2O9S. The number of nitrogens with zero attached hydrogens (tertiary/aromatic N) is 1. The molecule has 0 radical (unpaired) electrons. The summed E-state index contributed by atoms with van der Waals surface area (Å²) in [5.41, 5.74) is -0.0112. The number of hydrogen-bond donors (Lipinski definition) is 2. The number of alkyl carbamates (subject to hydrolysis) is 1. The van der Waals surface area contributed by atoms with Crippen molar-refractivity contribution in [3.8, 4) is 5.75 Å². The number of carbonyl (C=O) groups is 3. The fourth-order valence-electron chi connectivity index (χ4n) is 4.57. The van der Waals surface area contributed by atoms with Crippen LogP contribution in [0.4, 0.5) is 9.18 Å². The maximum Gasteiger partial charge on any atom is 0.410 e. The highest BCUT2D eigenvalue weighted by molar-refractivity contribution is 7.89. The Morgan fingerprint density at radius 3 is 2.27 bits per heavy atom. The molecule has 13 heteroatoms. The number of aliphatic carboxylic acids is 1. The monoisotopic (exact) mass is 628 g/mol. The summed E-state index contributed by atoms with van der Waals surface area (Å²) in [5.74, 6) is -2.66. The lowest BCUT2D eigenvalue weighted by molar-refractivity contribution is -0.169. The SMILES string of the molecule is CC(C)C(=O)O[C@@H](C)OC(=O)NC(Cc1cccc(S(=O)(=O)N2CC(Oc3cccc(F)c3)(c3ccccc3)C2)c1)C(=O)O. The van der Waals surface area contributed by atoms with Gasteiger partial charge in [0.25, 0.3) is 0 Å². The van der Waals surface area contributed by atoms with Crippen molar-refractivity contribution in [1.29, 1.82) is 0 Å². The van der Waals surface area contributed by atoms with E-state index in [9.17, 15) is 32.3 Å². The number of ether oxygens (including phenoxy) is 3. The van der Waals surface area contributed by atoms with Gasteiger partial charge in [0.2, 0.25) is 16.3 Å². The van der Waals surface area contributed by atoms with E-state index in [4.69, 9.17) is 14.2 Å². The summed E-state index contributed by atoms with van der Waals surface area (Å²) in [4.78, 5) is 35.8. The third kappa shape index (κ3) is 7.71. The summed E-state index contributed by atoms with van der Waals surface area (Å²) in [5, 5.41) is 11.9. The summed E-state index contributed by atoms with van der Waals surface area (Å²) in [6.07, 6.45) is -2.64. The van der Waals surface area contributed by atoms with Gasteiger partial charge in [-0.25, -0.2) is 22.4 Å². The zero-order chi connectivity index (χ0) is 32.1. The van der Waals surface area contributed by atoms with E-state index in [0.717, 1.165) is 5.56 Å². The van der Waals surface area contributed by atoms with E-state index in [1.54, 1.807) is 32.0 Å². The standard InChI is InChI=1S/C31H33FN2O9S/c1-20(2)29(37)41-21(3)42-30(38)33-27(28(35)36)16-22-9-7-14-26(15-22)44(39,40)34-18-31(19-34,23-10-5-4-6-11-23)43-25-13-8-12-24(32)17-25/h4-15,17,20-21,27H,16,18-19H2,1-3H3,(H,33,38)(H,35,36)/t21-,27?/m1/s1. The molecule has 3 aromatic carbocycles. The second kappa shape index (κ2) is 13.4. The van der Waals surface area contributed by atoms with Crippen LogP contribution in [0.3, 0.4) is 0 Å². The number of amides is 1. The van der Waals surface area contributed by atoms with E-state index < -0.39 is 57.7 Å². The van der Waals surface area contributed by atoms with Crippen LogP contribution in [0.15, 0.2) is 83.8 Å². The number of carbonyl (C=O) groups excluding carboxylic acids is 2. The molecule has 0 aliphatic carbocycles. The average molecular weight is 629 g/mol. The molecule has 3 aromatic rings. The molecule has 1 unspecified atom stereocenters. The molecule has 2 atom stereocenters. The van der Waals surface area contributed by atoms with Crippen molar-refractivity contribution in [2.75, 3.05) is 13.1 Å². The maximum absolute atomic E-state index is 13.9. The number of nitrogens with one attached hydrogen (secondary N) is 1. The van der Waals surface area contributed by atoms with Crippen LogP contribution in [0.5, 0.6) is 5.75 Å². The van der Waals surface area contributed by atoms with Crippen molar-refractivity contribution < 1.29 is 46.5 Å². The Bertz CT molecular complexity index is 1610. The van der Waals surface area contributed by atoms with E-state index in [0.29, 0.717) is 5.56 Å². The molecule has 0 spiro atoms. The molecule has 1 amide bonds. The van der Waals surface area contributed by atoms with Crippen LogP contribution in [-0.2, 0) is 41.1 Å². The summed E-state index contributed by atoms with van der Waals surface area (Å²) >= 11 is 0. The fourth-order valence-corrected chi connectivity index (χ4v) is 6.17. The maximum atomic E-state index is 13.9. The van der Waals surface area contributed by atoms with E-state index >= 15 is 0 Å². The Hall–Kier alpha value is -4.49. The van der Waals surface area contributed by atoms with Crippen LogP contribution < -0.4 is 10.1 Å². The van der Waals surface area contributed by atoms with Crippen molar-refractivity contribution in [2.45, 2.75) is 50.0 Å². The lowest BCUT2D eigenvalue weighted by Crippen LogP contribution is -2.64. The smallest absolute Gasteiger partial charge is 0.410 e. The van der Waals surface area contributed by atoms with Crippen LogP contribution >= 0.6 is 0 Å². The molecule has 11 nitrogen and oxygen atoms in total. The first-order chi connectivity index (χ1) is 20.8. The first-order valence-corrected chi connectivity index (χ1v) is 15.2. The summed E-state index contributed by atoms with van der Waals surface area (Å²) in [6.45, 7) is 4.42. The first kappa shape index (κ1) is 32.4. The molecule has 1 fully saturated rings. The number of sulfonamides is 1. The Kier molecular flexibility index (Phi) is 9.90. The third-order valence-corrected chi connectivity index (χ3v) is 8.65. The summed E-state index contributed by atoms with van der Waals surface area (Å²) in [6, 6.07) is 18.9. The fraction of sp³-hybridized carbons (Fsp3) is 0.323. The number of halogens is 1. The van der Waals surface area contributed by atoms with Gasteiger partial charge in [0.1, 0.15) is 17.6 Å². The second-order valence-corrected chi connectivity index (χ2v) is 12.6. The van der Waals surface area contributed by atoms with Gasteiger partial charge in [0, 0.05) is 19.4 Å². The zero-order valence-electron chi connectivity index (χ0n) is 24.3. The van der Waals surface area contributed by atoms with Crippen LogP contribution in [0.2, 0.25) is 0 Å². The largest absolute Gasteiger partial charge is 0.480 e. The van der Waals surface area contributed by atoms with Gasteiger partial charge in [-0.15, -0.1) is 0 Å².